The van der Waals surface area contributed by atoms with Crippen LogP contribution in [0.4, 0.5) is 0 Å². The number of rotatable bonds is 4. The van der Waals surface area contributed by atoms with Gasteiger partial charge in [0.25, 0.3) is 11.5 Å². The van der Waals surface area contributed by atoms with Crippen molar-refractivity contribution >= 4 is 5.91 Å². The van der Waals surface area contributed by atoms with Gasteiger partial charge in [0.05, 0.1) is 6.10 Å². The van der Waals surface area contributed by atoms with E-state index < -0.39 is 0 Å². The lowest BCUT2D eigenvalue weighted by molar-refractivity contribution is -0.000220. The zero-order valence-corrected chi connectivity index (χ0v) is 13.8. The van der Waals surface area contributed by atoms with Crippen molar-refractivity contribution in [1.82, 2.24) is 9.88 Å². The molecule has 1 aromatic heterocycles. The van der Waals surface area contributed by atoms with Gasteiger partial charge in [0.2, 0.25) is 0 Å². The highest BCUT2D eigenvalue weighted by molar-refractivity contribution is 5.94. The van der Waals surface area contributed by atoms with Crippen LogP contribution in [0.5, 0.6) is 0 Å². The van der Waals surface area contributed by atoms with Crippen LogP contribution in [0.15, 0.2) is 47.3 Å². The first kappa shape index (κ1) is 16.5. The van der Waals surface area contributed by atoms with Crippen LogP contribution in [0, 0.1) is 0 Å². The molecule has 2 heterocycles. The minimum Gasteiger partial charge on any atom is -0.376 e. The molecular weight excluding hydrogens is 304 g/mol. The van der Waals surface area contributed by atoms with Gasteiger partial charge in [0.1, 0.15) is 5.56 Å². The number of H-pyrrole nitrogens is 1. The Morgan fingerprint density at radius 3 is 2.67 bits per heavy atom. The van der Waals surface area contributed by atoms with Crippen molar-refractivity contribution in [2.75, 3.05) is 20.2 Å². The van der Waals surface area contributed by atoms with Gasteiger partial charge >= 0.3 is 0 Å². The standard InChI is InChI=1S/C19H22N2O3/c1-21(13-15-9-5-6-12-24-15)19(23)16-10-11-17(20-18(16)22)14-7-3-2-4-8-14/h2-4,7-8,10-11,15H,5-6,9,12-13H2,1H3,(H,20,22)/t15-/m1/s1. The number of benzene rings is 1. The normalized spacial score (nSPS) is 17.5. The smallest absolute Gasteiger partial charge is 0.261 e. The molecule has 1 aromatic carbocycles. The molecule has 1 aliphatic heterocycles. The molecule has 0 bridgehead atoms. The molecule has 5 heteroatoms. The van der Waals surface area contributed by atoms with Gasteiger partial charge in [-0.3, -0.25) is 9.59 Å². The van der Waals surface area contributed by atoms with Gasteiger partial charge in [0, 0.05) is 25.9 Å². The summed E-state index contributed by atoms with van der Waals surface area (Å²) in [6.45, 7) is 1.26. The summed E-state index contributed by atoms with van der Waals surface area (Å²) in [6.07, 6.45) is 3.23. The molecule has 1 fully saturated rings. The minimum absolute atomic E-state index is 0.0652. The number of aromatic amines is 1. The molecule has 126 valence electrons. The second kappa shape index (κ2) is 7.45. The van der Waals surface area contributed by atoms with Crippen molar-refractivity contribution in [3.63, 3.8) is 0 Å². The number of amides is 1. The Morgan fingerprint density at radius 2 is 2.00 bits per heavy atom. The highest BCUT2D eigenvalue weighted by Crippen LogP contribution is 2.16. The van der Waals surface area contributed by atoms with Crippen LogP contribution in [0.25, 0.3) is 11.3 Å². The summed E-state index contributed by atoms with van der Waals surface area (Å²) in [7, 11) is 1.71. The first-order valence-electron chi connectivity index (χ1n) is 8.31. The van der Waals surface area contributed by atoms with Crippen LogP contribution in [-0.4, -0.2) is 42.1 Å². The molecular formula is C19H22N2O3. The molecule has 0 radical (unpaired) electrons. The Kier molecular flexibility index (Phi) is 5.11. The molecule has 1 amide bonds. The SMILES string of the molecule is CN(C[C@H]1CCCCO1)C(=O)c1ccc(-c2ccccc2)[nH]c1=O. The van der Waals surface area contributed by atoms with Crippen molar-refractivity contribution in [3.8, 4) is 11.3 Å². The lowest BCUT2D eigenvalue weighted by Crippen LogP contribution is -2.39. The summed E-state index contributed by atoms with van der Waals surface area (Å²) < 4.78 is 5.66. The second-order valence-electron chi connectivity index (χ2n) is 6.16. The Labute approximate surface area is 141 Å². The zero-order valence-electron chi connectivity index (χ0n) is 13.8. The third kappa shape index (κ3) is 3.74. The van der Waals surface area contributed by atoms with E-state index in [1.54, 1.807) is 24.1 Å². The third-order valence-corrected chi connectivity index (χ3v) is 4.32. The molecule has 5 nitrogen and oxygen atoms in total. The summed E-state index contributed by atoms with van der Waals surface area (Å²) in [4.78, 5) is 29.2. The predicted molar refractivity (Wildman–Crippen MR) is 93.1 cm³/mol. The number of hydrogen-bond donors (Lipinski definition) is 1. The summed E-state index contributed by atoms with van der Waals surface area (Å²) in [5.41, 5.74) is 1.42. The van der Waals surface area contributed by atoms with Crippen molar-refractivity contribution in [1.29, 1.82) is 0 Å². The number of pyridine rings is 1. The molecule has 1 saturated heterocycles. The van der Waals surface area contributed by atoms with E-state index in [2.05, 4.69) is 4.98 Å². The van der Waals surface area contributed by atoms with Crippen molar-refractivity contribution in [2.45, 2.75) is 25.4 Å². The topological polar surface area (TPSA) is 62.4 Å². The number of hydrogen-bond acceptors (Lipinski definition) is 3. The number of nitrogens with zero attached hydrogens (tertiary/aromatic N) is 1. The van der Waals surface area contributed by atoms with Crippen molar-refractivity contribution in [3.05, 3.63) is 58.4 Å². The fourth-order valence-electron chi connectivity index (χ4n) is 2.97. The minimum atomic E-state index is -0.363. The van der Waals surface area contributed by atoms with E-state index >= 15 is 0 Å². The van der Waals surface area contributed by atoms with E-state index in [9.17, 15) is 9.59 Å². The Hall–Kier alpha value is -2.40. The first-order chi connectivity index (χ1) is 11.6. The molecule has 3 rings (SSSR count). The monoisotopic (exact) mass is 326 g/mol. The molecule has 0 spiro atoms. The number of aromatic nitrogens is 1. The predicted octanol–water partition coefficient (Wildman–Crippen LogP) is 2.68. The third-order valence-electron chi connectivity index (χ3n) is 4.32. The van der Waals surface area contributed by atoms with Crippen LogP contribution >= 0.6 is 0 Å². The number of ether oxygens (including phenoxy) is 1. The van der Waals surface area contributed by atoms with E-state index in [-0.39, 0.29) is 23.1 Å². The van der Waals surface area contributed by atoms with Gasteiger partial charge in [0.15, 0.2) is 0 Å². The maximum atomic E-state index is 12.5. The fraction of sp³-hybridized carbons (Fsp3) is 0.368. The molecule has 0 unspecified atom stereocenters. The number of carbonyl (C=O) groups is 1. The molecule has 1 N–H and O–H groups in total. The second-order valence-corrected chi connectivity index (χ2v) is 6.16. The Balaban J connectivity index is 1.74. The molecule has 0 aliphatic carbocycles. The van der Waals surface area contributed by atoms with Crippen LogP contribution in [0.1, 0.15) is 29.6 Å². The van der Waals surface area contributed by atoms with Crippen LogP contribution in [0.3, 0.4) is 0 Å². The number of nitrogens with one attached hydrogen (secondary N) is 1. The summed E-state index contributed by atoms with van der Waals surface area (Å²) in [5.74, 6) is -0.273. The largest absolute Gasteiger partial charge is 0.376 e. The van der Waals surface area contributed by atoms with Gasteiger partial charge in [-0.1, -0.05) is 30.3 Å². The molecule has 2 aromatic rings. The Morgan fingerprint density at radius 1 is 1.21 bits per heavy atom. The Bertz CT molecular complexity index is 749. The number of likely N-dealkylation sites (N-methyl/N-ethyl adjacent to an activating group) is 1. The first-order valence-corrected chi connectivity index (χ1v) is 8.31. The highest BCUT2D eigenvalue weighted by Gasteiger charge is 2.21. The zero-order chi connectivity index (χ0) is 16.9. The molecule has 24 heavy (non-hydrogen) atoms. The average molecular weight is 326 g/mol. The highest BCUT2D eigenvalue weighted by atomic mass is 16.5. The van der Waals surface area contributed by atoms with Gasteiger partial charge in [-0.2, -0.15) is 0 Å². The summed E-state index contributed by atoms with van der Waals surface area (Å²) in [5, 5.41) is 0. The summed E-state index contributed by atoms with van der Waals surface area (Å²) in [6, 6.07) is 12.9. The maximum Gasteiger partial charge on any atom is 0.261 e. The van der Waals surface area contributed by atoms with Gasteiger partial charge in [-0.25, -0.2) is 0 Å². The fourth-order valence-corrected chi connectivity index (χ4v) is 2.97. The van der Waals surface area contributed by atoms with Crippen LogP contribution < -0.4 is 5.56 Å². The van der Waals surface area contributed by atoms with E-state index in [0.29, 0.717) is 12.2 Å². The quantitative estimate of drug-likeness (QED) is 0.939. The molecule has 1 aliphatic rings. The van der Waals surface area contributed by atoms with Gasteiger partial charge in [-0.05, 0) is 37.0 Å². The maximum absolute atomic E-state index is 12.5. The van der Waals surface area contributed by atoms with Crippen molar-refractivity contribution in [2.24, 2.45) is 0 Å². The van der Waals surface area contributed by atoms with E-state index in [0.717, 1.165) is 31.4 Å². The average Bonchev–Trinajstić information content (AvgIpc) is 2.62. The van der Waals surface area contributed by atoms with E-state index in [1.165, 1.54) is 0 Å². The van der Waals surface area contributed by atoms with Crippen LogP contribution in [-0.2, 0) is 4.74 Å². The molecule has 1 atom stereocenters. The van der Waals surface area contributed by atoms with Crippen molar-refractivity contribution < 1.29 is 9.53 Å². The summed E-state index contributed by atoms with van der Waals surface area (Å²) >= 11 is 0. The van der Waals surface area contributed by atoms with Gasteiger partial charge in [-0.15, -0.1) is 0 Å². The molecule has 0 saturated carbocycles. The lowest BCUT2D eigenvalue weighted by atomic mass is 10.1. The van der Waals surface area contributed by atoms with E-state index in [4.69, 9.17) is 4.74 Å². The lowest BCUT2D eigenvalue weighted by Gasteiger charge is -2.27. The van der Waals surface area contributed by atoms with Gasteiger partial charge < -0.3 is 14.6 Å². The van der Waals surface area contributed by atoms with Crippen LogP contribution in [0.2, 0.25) is 0 Å². The number of carbonyl (C=O) groups excluding carboxylic acids is 1. The van der Waals surface area contributed by atoms with E-state index in [1.807, 2.05) is 30.3 Å².